The van der Waals surface area contributed by atoms with Gasteiger partial charge in [-0.2, -0.15) is 0 Å². The van der Waals surface area contributed by atoms with Gasteiger partial charge in [-0.25, -0.2) is 0 Å². The van der Waals surface area contributed by atoms with Crippen molar-refractivity contribution in [3.8, 4) is 0 Å². The Kier molecular flexibility index (Phi) is 7.11. The quantitative estimate of drug-likeness (QED) is 0.639. The van der Waals surface area contributed by atoms with Gasteiger partial charge in [-0.3, -0.25) is 0 Å². The van der Waals surface area contributed by atoms with E-state index in [1.165, 1.54) is 58.0 Å². The highest BCUT2D eigenvalue weighted by molar-refractivity contribution is 4.70. The molecule has 1 aliphatic rings. The van der Waals surface area contributed by atoms with Gasteiger partial charge in [0.15, 0.2) is 0 Å². The molecular formula is C15H31N. The van der Waals surface area contributed by atoms with Gasteiger partial charge in [0.1, 0.15) is 0 Å². The van der Waals surface area contributed by atoms with Gasteiger partial charge in [0.2, 0.25) is 0 Å². The molecule has 0 heterocycles. The van der Waals surface area contributed by atoms with Crippen LogP contribution in [0, 0.1) is 17.8 Å². The van der Waals surface area contributed by atoms with Crippen LogP contribution in [-0.2, 0) is 0 Å². The summed E-state index contributed by atoms with van der Waals surface area (Å²) >= 11 is 0. The minimum Gasteiger partial charge on any atom is -0.316 e. The van der Waals surface area contributed by atoms with E-state index in [9.17, 15) is 0 Å². The molecule has 0 spiro atoms. The molecule has 1 fully saturated rings. The lowest BCUT2D eigenvalue weighted by Gasteiger charge is -2.26. The SMILES string of the molecule is CC(C)CNCCCCC1CCC(C)CC1. The van der Waals surface area contributed by atoms with Crippen molar-refractivity contribution in [1.29, 1.82) is 0 Å². The van der Waals surface area contributed by atoms with Crippen LogP contribution in [-0.4, -0.2) is 13.1 Å². The van der Waals surface area contributed by atoms with Crippen molar-refractivity contribution >= 4 is 0 Å². The fourth-order valence-electron chi connectivity index (χ4n) is 2.69. The van der Waals surface area contributed by atoms with E-state index in [1.807, 2.05) is 0 Å². The van der Waals surface area contributed by atoms with E-state index in [2.05, 4.69) is 26.1 Å². The van der Waals surface area contributed by atoms with Crippen LogP contribution < -0.4 is 5.32 Å². The molecule has 0 aromatic carbocycles. The van der Waals surface area contributed by atoms with Crippen molar-refractivity contribution in [2.45, 2.75) is 65.7 Å². The zero-order valence-corrected chi connectivity index (χ0v) is 11.6. The van der Waals surface area contributed by atoms with Gasteiger partial charge in [-0.05, 0) is 37.3 Å². The summed E-state index contributed by atoms with van der Waals surface area (Å²) in [6.45, 7) is 9.36. The highest BCUT2D eigenvalue weighted by atomic mass is 14.8. The smallest absolute Gasteiger partial charge is 0.00258 e. The van der Waals surface area contributed by atoms with Gasteiger partial charge in [-0.1, -0.05) is 59.3 Å². The fourth-order valence-corrected chi connectivity index (χ4v) is 2.69. The van der Waals surface area contributed by atoms with E-state index < -0.39 is 0 Å². The van der Waals surface area contributed by atoms with Crippen LogP contribution >= 0.6 is 0 Å². The molecule has 1 aliphatic carbocycles. The summed E-state index contributed by atoms with van der Waals surface area (Å²) in [5.41, 5.74) is 0. The third-order valence-electron chi connectivity index (χ3n) is 3.90. The number of nitrogens with one attached hydrogen (secondary N) is 1. The third kappa shape index (κ3) is 6.52. The van der Waals surface area contributed by atoms with Gasteiger partial charge in [-0.15, -0.1) is 0 Å². The summed E-state index contributed by atoms with van der Waals surface area (Å²) in [6.07, 6.45) is 10.3. The molecule has 1 saturated carbocycles. The first-order valence-electron chi connectivity index (χ1n) is 7.39. The predicted molar refractivity (Wildman–Crippen MR) is 72.7 cm³/mol. The lowest BCUT2D eigenvalue weighted by Crippen LogP contribution is -2.21. The van der Waals surface area contributed by atoms with Gasteiger partial charge in [0.05, 0.1) is 0 Å². The Morgan fingerprint density at radius 3 is 2.38 bits per heavy atom. The van der Waals surface area contributed by atoms with Gasteiger partial charge < -0.3 is 5.32 Å². The van der Waals surface area contributed by atoms with Crippen molar-refractivity contribution in [2.75, 3.05) is 13.1 Å². The first-order chi connectivity index (χ1) is 7.68. The minimum atomic E-state index is 0.792. The normalized spacial score (nSPS) is 26.2. The molecular weight excluding hydrogens is 194 g/mol. The van der Waals surface area contributed by atoms with E-state index >= 15 is 0 Å². The summed E-state index contributed by atoms with van der Waals surface area (Å²) in [5, 5.41) is 3.53. The number of hydrogen-bond donors (Lipinski definition) is 1. The summed E-state index contributed by atoms with van der Waals surface area (Å²) in [5.74, 6) is 2.85. The summed E-state index contributed by atoms with van der Waals surface area (Å²) in [7, 11) is 0. The second-order valence-corrected chi connectivity index (χ2v) is 6.22. The fraction of sp³-hybridized carbons (Fsp3) is 1.00. The number of hydrogen-bond acceptors (Lipinski definition) is 1. The highest BCUT2D eigenvalue weighted by Gasteiger charge is 2.17. The largest absolute Gasteiger partial charge is 0.316 e. The van der Waals surface area contributed by atoms with Gasteiger partial charge in [0.25, 0.3) is 0 Å². The molecule has 1 rings (SSSR count). The lowest BCUT2D eigenvalue weighted by molar-refractivity contribution is 0.272. The summed E-state index contributed by atoms with van der Waals surface area (Å²) in [6, 6.07) is 0. The van der Waals surface area contributed by atoms with Crippen molar-refractivity contribution in [3.05, 3.63) is 0 Å². The summed E-state index contributed by atoms with van der Waals surface area (Å²) in [4.78, 5) is 0. The predicted octanol–water partition coefficient (Wildman–Crippen LogP) is 4.23. The Morgan fingerprint density at radius 2 is 1.75 bits per heavy atom. The first-order valence-corrected chi connectivity index (χ1v) is 7.39. The van der Waals surface area contributed by atoms with Crippen LogP contribution in [0.2, 0.25) is 0 Å². The van der Waals surface area contributed by atoms with Crippen LogP contribution in [0.4, 0.5) is 0 Å². The number of unbranched alkanes of at least 4 members (excludes halogenated alkanes) is 1. The van der Waals surface area contributed by atoms with Crippen LogP contribution in [0.15, 0.2) is 0 Å². The molecule has 0 amide bonds. The Balaban J connectivity index is 1.87. The standard InChI is InChI=1S/C15H31N/c1-13(2)12-16-11-5-4-6-15-9-7-14(3)8-10-15/h13-16H,4-12H2,1-3H3. The third-order valence-corrected chi connectivity index (χ3v) is 3.90. The molecule has 96 valence electrons. The van der Waals surface area contributed by atoms with Crippen molar-refractivity contribution < 1.29 is 0 Å². The molecule has 1 heteroatoms. The molecule has 0 bridgehead atoms. The lowest BCUT2D eigenvalue weighted by atomic mass is 9.81. The average molecular weight is 225 g/mol. The highest BCUT2D eigenvalue weighted by Crippen LogP contribution is 2.31. The molecule has 16 heavy (non-hydrogen) atoms. The maximum absolute atomic E-state index is 3.53. The minimum absolute atomic E-state index is 0.792. The van der Waals surface area contributed by atoms with Crippen molar-refractivity contribution in [1.82, 2.24) is 5.32 Å². The maximum atomic E-state index is 3.53. The second kappa shape index (κ2) is 8.11. The molecule has 0 aromatic heterocycles. The number of rotatable bonds is 7. The topological polar surface area (TPSA) is 12.0 Å². The Labute approximate surface area is 102 Å². The Bertz CT molecular complexity index is 157. The zero-order valence-electron chi connectivity index (χ0n) is 11.6. The van der Waals surface area contributed by atoms with E-state index in [1.54, 1.807) is 0 Å². The van der Waals surface area contributed by atoms with Crippen molar-refractivity contribution in [3.63, 3.8) is 0 Å². The van der Waals surface area contributed by atoms with E-state index in [4.69, 9.17) is 0 Å². The molecule has 0 saturated heterocycles. The maximum Gasteiger partial charge on any atom is -0.00258 e. The van der Waals surface area contributed by atoms with E-state index in [0.29, 0.717) is 0 Å². The monoisotopic (exact) mass is 225 g/mol. The molecule has 0 aliphatic heterocycles. The molecule has 1 N–H and O–H groups in total. The molecule has 0 unspecified atom stereocenters. The van der Waals surface area contributed by atoms with Crippen molar-refractivity contribution in [2.24, 2.45) is 17.8 Å². The summed E-state index contributed by atoms with van der Waals surface area (Å²) < 4.78 is 0. The average Bonchev–Trinajstić information content (AvgIpc) is 2.25. The van der Waals surface area contributed by atoms with Crippen LogP contribution in [0.3, 0.4) is 0 Å². The first kappa shape index (κ1) is 14.0. The zero-order chi connectivity index (χ0) is 11.8. The Morgan fingerprint density at radius 1 is 1.06 bits per heavy atom. The van der Waals surface area contributed by atoms with Gasteiger partial charge in [0, 0.05) is 0 Å². The van der Waals surface area contributed by atoms with E-state index in [0.717, 1.165) is 17.8 Å². The van der Waals surface area contributed by atoms with Gasteiger partial charge >= 0.3 is 0 Å². The molecule has 0 radical (unpaired) electrons. The molecule has 0 atom stereocenters. The van der Waals surface area contributed by atoms with Crippen LogP contribution in [0.25, 0.3) is 0 Å². The van der Waals surface area contributed by atoms with Crippen LogP contribution in [0.5, 0.6) is 0 Å². The molecule has 0 aromatic rings. The van der Waals surface area contributed by atoms with Crippen LogP contribution in [0.1, 0.15) is 65.7 Å². The second-order valence-electron chi connectivity index (χ2n) is 6.22. The van der Waals surface area contributed by atoms with E-state index in [-0.39, 0.29) is 0 Å². The Hall–Kier alpha value is -0.0400. The molecule has 1 nitrogen and oxygen atoms in total.